The first-order valence-corrected chi connectivity index (χ1v) is 8.15. The van der Waals surface area contributed by atoms with Crippen LogP contribution >= 0.6 is 0 Å². The highest BCUT2D eigenvalue weighted by Crippen LogP contribution is 2.24. The van der Waals surface area contributed by atoms with Crippen LogP contribution in [-0.4, -0.2) is 44.8 Å². The van der Waals surface area contributed by atoms with E-state index >= 15 is 0 Å². The maximum absolute atomic E-state index is 11.5. The van der Waals surface area contributed by atoms with Crippen molar-refractivity contribution in [2.45, 2.75) is 0 Å². The minimum Gasteiger partial charge on any atom is -0.409 e. The molecule has 2 heterocycles. The van der Waals surface area contributed by atoms with Crippen molar-refractivity contribution < 1.29 is 9.42 Å². The van der Waals surface area contributed by atoms with Crippen LogP contribution < -0.4 is 10.6 Å². The number of anilines is 1. The van der Waals surface area contributed by atoms with E-state index in [-0.39, 0.29) is 5.84 Å². The number of benzene rings is 1. The van der Waals surface area contributed by atoms with Crippen molar-refractivity contribution in [1.29, 1.82) is 0 Å². The van der Waals surface area contributed by atoms with Crippen LogP contribution in [0.25, 0.3) is 10.9 Å². The van der Waals surface area contributed by atoms with Crippen LogP contribution in [0.3, 0.4) is 0 Å². The fourth-order valence-corrected chi connectivity index (χ4v) is 3.49. The van der Waals surface area contributed by atoms with Crippen LogP contribution in [0, 0.1) is 0 Å². The average molecular weight is 304 g/mol. The number of pyridine rings is 1. The van der Waals surface area contributed by atoms with Crippen molar-refractivity contribution in [3.63, 3.8) is 0 Å². The van der Waals surface area contributed by atoms with Crippen molar-refractivity contribution >= 4 is 33.4 Å². The van der Waals surface area contributed by atoms with Gasteiger partial charge in [0, 0.05) is 40.8 Å². The molecule has 0 bridgehead atoms. The molecule has 0 unspecified atom stereocenters. The van der Waals surface area contributed by atoms with Gasteiger partial charge in [0.2, 0.25) is 0 Å². The molecule has 21 heavy (non-hydrogen) atoms. The lowest BCUT2D eigenvalue weighted by molar-refractivity contribution is 0.318. The summed E-state index contributed by atoms with van der Waals surface area (Å²) in [6.45, 7) is 1.31. The molecule has 1 aliphatic rings. The Morgan fingerprint density at radius 2 is 2.05 bits per heavy atom. The van der Waals surface area contributed by atoms with E-state index in [0.717, 1.165) is 10.9 Å². The quantitative estimate of drug-likeness (QED) is 0.372. The number of aromatic nitrogens is 1. The van der Waals surface area contributed by atoms with Crippen LogP contribution in [0.1, 0.15) is 5.56 Å². The van der Waals surface area contributed by atoms with Gasteiger partial charge in [0.05, 0.1) is 11.1 Å². The standard InChI is InChI=1S/C14H16N4O2S/c15-13(17-19)11-9-10-3-1-2-4-12(10)16-14(11)18-5-7-21(20)8-6-18/h1-4,9,19H,5-8H2,(H2,15,17). The van der Waals surface area contributed by atoms with E-state index in [1.165, 1.54) is 0 Å². The Morgan fingerprint density at radius 1 is 1.33 bits per heavy atom. The molecular formula is C14H16N4O2S. The first-order valence-electron chi connectivity index (χ1n) is 6.66. The predicted octanol–water partition coefficient (Wildman–Crippen LogP) is 0.898. The van der Waals surface area contributed by atoms with Gasteiger partial charge in [0.15, 0.2) is 5.84 Å². The summed E-state index contributed by atoms with van der Waals surface area (Å²) in [6.07, 6.45) is 0. The Morgan fingerprint density at radius 3 is 2.76 bits per heavy atom. The number of fused-ring (bicyclic) bond motifs is 1. The van der Waals surface area contributed by atoms with Gasteiger partial charge in [-0.1, -0.05) is 23.4 Å². The Kier molecular flexibility index (Phi) is 3.74. The molecule has 3 N–H and O–H groups in total. The molecule has 1 aliphatic heterocycles. The number of amidine groups is 1. The molecule has 0 aliphatic carbocycles. The second-order valence-corrected chi connectivity index (χ2v) is 6.57. The Labute approximate surface area is 124 Å². The molecule has 3 rings (SSSR count). The van der Waals surface area contributed by atoms with Crippen LogP contribution in [0.15, 0.2) is 35.5 Å². The SMILES string of the molecule is NC(=NO)c1cc2ccccc2nc1N1CCS(=O)CC1. The molecule has 0 radical (unpaired) electrons. The molecule has 1 aromatic heterocycles. The third-order valence-electron chi connectivity index (χ3n) is 3.56. The van der Waals surface area contributed by atoms with Gasteiger partial charge in [-0.15, -0.1) is 0 Å². The number of para-hydroxylation sites is 1. The third kappa shape index (κ3) is 2.69. The molecule has 1 saturated heterocycles. The minimum absolute atomic E-state index is 0.0370. The summed E-state index contributed by atoms with van der Waals surface area (Å²) in [5.41, 5.74) is 7.25. The van der Waals surface area contributed by atoms with Gasteiger partial charge in [-0.3, -0.25) is 4.21 Å². The maximum atomic E-state index is 11.5. The lowest BCUT2D eigenvalue weighted by Gasteiger charge is -2.29. The van der Waals surface area contributed by atoms with E-state index in [2.05, 4.69) is 10.1 Å². The molecule has 2 aromatic rings. The van der Waals surface area contributed by atoms with Crippen LogP contribution in [0.2, 0.25) is 0 Å². The molecular weight excluding hydrogens is 288 g/mol. The first kappa shape index (κ1) is 13.8. The summed E-state index contributed by atoms with van der Waals surface area (Å²) < 4.78 is 11.5. The summed E-state index contributed by atoms with van der Waals surface area (Å²) in [7, 11) is -0.761. The normalized spacial score (nSPS) is 17.3. The monoisotopic (exact) mass is 304 g/mol. The topological polar surface area (TPSA) is 91.8 Å². The second-order valence-electron chi connectivity index (χ2n) is 4.87. The lowest BCUT2D eigenvalue weighted by Crippen LogP contribution is -2.39. The predicted molar refractivity (Wildman–Crippen MR) is 84.3 cm³/mol. The van der Waals surface area contributed by atoms with Crippen molar-refractivity contribution in [1.82, 2.24) is 4.98 Å². The van der Waals surface area contributed by atoms with E-state index in [9.17, 15) is 4.21 Å². The van der Waals surface area contributed by atoms with Gasteiger partial charge in [-0.05, 0) is 12.1 Å². The largest absolute Gasteiger partial charge is 0.409 e. The van der Waals surface area contributed by atoms with Gasteiger partial charge in [-0.25, -0.2) is 4.98 Å². The first-order chi connectivity index (χ1) is 10.2. The van der Waals surface area contributed by atoms with Crippen molar-refractivity contribution in [2.75, 3.05) is 29.5 Å². The summed E-state index contributed by atoms with van der Waals surface area (Å²) in [6, 6.07) is 9.58. The van der Waals surface area contributed by atoms with E-state index in [4.69, 9.17) is 10.9 Å². The molecule has 0 atom stereocenters. The fourth-order valence-electron chi connectivity index (χ4n) is 2.44. The van der Waals surface area contributed by atoms with Crippen LogP contribution in [-0.2, 0) is 10.8 Å². The number of nitrogens with zero attached hydrogens (tertiary/aromatic N) is 3. The second kappa shape index (κ2) is 5.69. The van der Waals surface area contributed by atoms with Crippen LogP contribution in [0.5, 0.6) is 0 Å². The third-order valence-corrected chi connectivity index (χ3v) is 4.84. The fraction of sp³-hybridized carbons (Fsp3) is 0.286. The zero-order valence-corrected chi connectivity index (χ0v) is 12.2. The number of nitrogens with two attached hydrogens (primary N) is 1. The van der Waals surface area contributed by atoms with Crippen molar-refractivity contribution in [3.8, 4) is 0 Å². The van der Waals surface area contributed by atoms with Crippen LogP contribution in [0.4, 0.5) is 5.82 Å². The highest BCUT2D eigenvalue weighted by Gasteiger charge is 2.21. The molecule has 1 aromatic carbocycles. The summed E-state index contributed by atoms with van der Waals surface area (Å²) in [5.74, 6) is 1.95. The molecule has 1 fully saturated rings. The Bertz CT molecular complexity index is 722. The summed E-state index contributed by atoms with van der Waals surface area (Å²) in [4.78, 5) is 6.69. The molecule has 110 valence electrons. The zero-order valence-electron chi connectivity index (χ0n) is 11.4. The highest BCUT2D eigenvalue weighted by atomic mass is 32.2. The summed E-state index contributed by atoms with van der Waals surface area (Å²) >= 11 is 0. The molecule has 6 nitrogen and oxygen atoms in total. The Hall–Kier alpha value is -2.15. The van der Waals surface area contributed by atoms with E-state index in [1.807, 2.05) is 35.2 Å². The van der Waals surface area contributed by atoms with Gasteiger partial charge >= 0.3 is 0 Å². The minimum atomic E-state index is -0.761. The van der Waals surface area contributed by atoms with Gasteiger partial charge in [0.25, 0.3) is 0 Å². The summed E-state index contributed by atoms with van der Waals surface area (Å²) in [5, 5.41) is 13.0. The highest BCUT2D eigenvalue weighted by molar-refractivity contribution is 7.85. The molecule has 7 heteroatoms. The Balaban J connectivity index is 2.12. The zero-order chi connectivity index (χ0) is 14.8. The average Bonchev–Trinajstić information content (AvgIpc) is 2.53. The number of hydrogen-bond donors (Lipinski definition) is 2. The van der Waals surface area contributed by atoms with Gasteiger partial charge in [-0.2, -0.15) is 0 Å². The number of rotatable bonds is 2. The lowest BCUT2D eigenvalue weighted by atomic mass is 10.1. The van der Waals surface area contributed by atoms with E-state index in [0.29, 0.717) is 36.0 Å². The smallest absolute Gasteiger partial charge is 0.173 e. The maximum Gasteiger partial charge on any atom is 0.173 e. The van der Waals surface area contributed by atoms with Crippen molar-refractivity contribution in [3.05, 3.63) is 35.9 Å². The number of hydrogen-bond acceptors (Lipinski definition) is 5. The van der Waals surface area contributed by atoms with E-state index < -0.39 is 10.8 Å². The van der Waals surface area contributed by atoms with E-state index in [1.54, 1.807) is 0 Å². The molecule has 0 spiro atoms. The molecule has 0 amide bonds. The van der Waals surface area contributed by atoms with Crippen molar-refractivity contribution in [2.24, 2.45) is 10.9 Å². The number of oxime groups is 1. The van der Waals surface area contributed by atoms with Gasteiger partial charge in [0.1, 0.15) is 5.82 Å². The van der Waals surface area contributed by atoms with Gasteiger partial charge < -0.3 is 15.8 Å². The molecule has 0 saturated carbocycles.